The van der Waals surface area contributed by atoms with E-state index >= 15 is 0 Å². The summed E-state index contributed by atoms with van der Waals surface area (Å²) in [6, 6.07) is -0.771. The number of unbranched alkanes of at least 4 members (excludes halogenated alkanes) is 1. The van der Waals surface area contributed by atoms with E-state index in [0.29, 0.717) is 12.4 Å². The zero-order chi connectivity index (χ0) is 15.8. The van der Waals surface area contributed by atoms with Gasteiger partial charge in [-0.1, -0.05) is 34.1 Å². The van der Waals surface area contributed by atoms with Crippen molar-refractivity contribution in [3.8, 4) is 0 Å². The fraction of sp³-hybridized carbons (Fsp3) is 0.929. The van der Waals surface area contributed by atoms with E-state index in [1.807, 2.05) is 6.92 Å². The van der Waals surface area contributed by atoms with Gasteiger partial charge in [-0.05, 0) is 24.7 Å². The lowest BCUT2D eigenvalue weighted by Crippen LogP contribution is -2.34. The molecule has 5 nitrogen and oxygen atoms in total. The minimum atomic E-state index is -2.66. The lowest BCUT2D eigenvalue weighted by atomic mass is 9.94. The second-order valence-electron chi connectivity index (χ2n) is 6.45. The first-order chi connectivity index (χ1) is 9.07. The molecule has 0 aliphatic heterocycles. The molecule has 20 heavy (non-hydrogen) atoms. The summed E-state index contributed by atoms with van der Waals surface area (Å²) in [5, 5.41) is 0. The second kappa shape index (κ2) is 8.62. The third-order valence-corrected chi connectivity index (χ3v) is 4.74. The van der Waals surface area contributed by atoms with Gasteiger partial charge in [-0.2, -0.15) is 0 Å². The second-order valence-corrected chi connectivity index (χ2v) is 8.89. The molecule has 0 aromatic carbocycles. The molecule has 0 bridgehead atoms. The highest BCUT2D eigenvalue weighted by molar-refractivity contribution is 7.92. The molecule has 0 radical (unpaired) electrons. The Morgan fingerprint density at radius 2 is 1.95 bits per heavy atom. The van der Waals surface area contributed by atoms with Crippen LogP contribution in [0.3, 0.4) is 0 Å². The quantitative estimate of drug-likeness (QED) is 0.505. The van der Waals surface area contributed by atoms with E-state index in [9.17, 15) is 9.00 Å². The first-order valence-corrected chi connectivity index (χ1v) is 9.13. The fourth-order valence-corrected chi connectivity index (χ4v) is 3.21. The number of nitrogens with one attached hydrogen (secondary N) is 1. The number of hydrogen-bond acceptors (Lipinski definition) is 5. The van der Waals surface area contributed by atoms with Gasteiger partial charge in [0.15, 0.2) is 0 Å². The van der Waals surface area contributed by atoms with E-state index in [1.165, 1.54) is 0 Å². The first kappa shape index (κ1) is 19.4. The summed E-state index contributed by atoms with van der Waals surface area (Å²) in [7, 11) is -2.66. The van der Waals surface area contributed by atoms with E-state index in [4.69, 9.17) is 15.3 Å². The van der Waals surface area contributed by atoms with Crippen LogP contribution in [0.25, 0.3) is 0 Å². The topological polar surface area (TPSA) is 93.2 Å². The van der Waals surface area contributed by atoms with Crippen molar-refractivity contribution in [1.29, 1.82) is 4.78 Å². The molecule has 0 aliphatic rings. The van der Waals surface area contributed by atoms with Gasteiger partial charge in [0.05, 0.1) is 6.61 Å². The van der Waals surface area contributed by atoms with Crippen LogP contribution in [0.2, 0.25) is 0 Å². The normalized spacial score (nSPS) is 16.4. The zero-order valence-corrected chi connectivity index (χ0v) is 14.1. The molecule has 0 aromatic rings. The van der Waals surface area contributed by atoms with E-state index in [-0.39, 0.29) is 17.6 Å². The number of esters is 1. The molecule has 0 aromatic heterocycles. The van der Waals surface area contributed by atoms with Crippen molar-refractivity contribution in [1.82, 2.24) is 0 Å². The Morgan fingerprint density at radius 3 is 2.45 bits per heavy atom. The molecule has 0 spiro atoms. The zero-order valence-electron chi connectivity index (χ0n) is 13.2. The predicted octanol–water partition coefficient (Wildman–Crippen LogP) is 2.53. The molecule has 0 rings (SSSR count). The van der Waals surface area contributed by atoms with Gasteiger partial charge in [-0.3, -0.25) is 9.57 Å². The average Bonchev–Trinajstić information content (AvgIpc) is 2.33. The number of carbonyl (C=O) groups excluding carboxylic acids is 1. The van der Waals surface area contributed by atoms with Crippen LogP contribution in [0.5, 0.6) is 0 Å². The Hall–Kier alpha value is -0.620. The van der Waals surface area contributed by atoms with Gasteiger partial charge in [0.25, 0.3) is 0 Å². The number of nitrogens with two attached hydrogens (primary N) is 1. The number of carbonyl (C=O) groups is 1. The van der Waals surface area contributed by atoms with E-state index in [0.717, 1.165) is 19.3 Å². The largest absolute Gasteiger partial charge is 0.465 e. The Bertz CT molecular complexity index is 386. The SMILES string of the molecule is CCCCOC(=O)[C@@H](N)CCS(=N)(=O)CCC(C)(C)C. The summed E-state index contributed by atoms with van der Waals surface area (Å²) in [6.07, 6.45) is 2.75. The minimum Gasteiger partial charge on any atom is -0.465 e. The average molecular weight is 306 g/mol. The Labute approximate surface area is 123 Å². The number of rotatable bonds is 9. The molecule has 3 N–H and O–H groups in total. The van der Waals surface area contributed by atoms with Gasteiger partial charge < -0.3 is 10.5 Å². The molecular weight excluding hydrogens is 276 g/mol. The molecule has 0 amide bonds. The van der Waals surface area contributed by atoms with Gasteiger partial charge in [-0.25, -0.2) is 4.21 Å². The molecule has 0 fully saturated rings. The Morgan fingerprint density at radius 1 is 1.35 bits per heavy atom. The molecule has 120 valence electrons. The highest BCUT2D eigenvalue weighted by Gasteiger charge is 2.19. The van der Waals surface area contributed by atoms with E-state index in [2.05, 4.69) is 20.8 Å². The van der Waals surface area contributed by atoms with Crippen LogP contribution >= 0.6 is 0 Å². The lowest BCUT2D eigenvalue weighted by molar-refractivity contribution is -0.145. The summed E-state index contributed by atoms with van der Waals surface area (Å²) in [5.74, 6) is 0.0609. The van der Waals surface area contributed by atoms with Crippen molar-refractivity contribution in [2.75, 3.05) is 18.1 Å². The van der Waals surface area contributed by atoms with Crippen LogP contribution in [-0.2, 0) is 19.3 Å². The van der Waals surface area contributed by atoms with Gasteiger partial charge in [-0.15, -0.1) is 0 Å². The van der Waals surface area contributed by atoms with Crippen molar-refractivity contribution in [3.05, 3.63) is 0 Å². The van der Waals surface area contributed by atoms with Crippen molar-refractivity contribution >= 4 is 15.7 Å². The Balaban J connectivity index is 4.09. The maximum absolute atomic E-state index is 12.1. The highest BCUT2D eigenvalue weighted by Crippen LogP contribution is 2.19. The van der Waals surface area contributed by atoms with Crippen molar-refractivity contribution in [2.24, 2.45) is 11.1 Å². The van der Waals surface area contributed by atoms with Crippen LogP contribution in [0.1, 0.15) is 53.4 Å². The molecule has 2 atom stereocenters. The van der Waals surface area contributed by atoms with Crippen LogP contribution in [-0.4, -0.2) is 34.3 Å². The molecule has 0 saturated heterocycles. The number of hydrogen-bond donors (Lipinski definition) is 2. The van der Waals surface area contributed by atoms with Gasteiger partial charge in [0, 0.05) is 21.2 Å². The number of ether oxygens (including phenoxy) is 1. The fourth-order valence-electron chi connectivity index (χ4n) is 1.43. The maximum Gasteiger partial charge on any atom is 0.322 e. The van der Waals surface area contributed by atoms with Crippen LogP contribution in [0, 0.1) is 10.2 Å². The Kier molecular flexibility index (Phi) is 8.35. The van der Waals surface area contributed by atoms with Gasteiger partial charge >= 0.3 is 5.97 Å². The standard InChI is InChI=1S/C14H30N2O3S/c1-5-6-9-19-13(17)12(15)7-10-20(16,18)11-8-14(2,3)4/h12,16H,5-11,15H2,1-4H3/t12-,20?/m0/s1. The molecule has 0 aliphatic carbocycles. The molecule has 0 heterocycles. The van der Waals surface area contributed by atoms with Gasteiger partial charge in [0.1, 0.15) is 6.04 Å². The van der Waals surface area contributed by atoms with Crippen molar-refractivity contribution in [3.63, 3.8) is 0 Å². The van der Waals surface area contributed by atoms with Crippen molar-refractivity contribution in [2.45, 2.75) is 59.4 Å². The molecule has 1 unspecified atom stereocenters. The summed E-state index contributed by atoms with van der Waals surface area (Å²) in [5.41, 5.74) is 5.77. The molecule has 0 saturated carbocycles. The maximum atomic E-state index is 12.1. The summed E-state index contributed by atoms with van der Waals surface area (Å²) in [6.45, 7) is 8.56. The van der Waals surface area contributed by atoms with E-state index in [1.54, 1.807) is 0 Å². The summed E-state index contributed by atoms with van der Waals surface area (Å²) in [4.78, 5) is 11.6. The predicted molar refractivity (Wildman–Crippen MR) is 83.1 cm³/mol. The minimum absolute atomic E-state index is 0.0604. The highest BCUT2D eigenvalue weighted by atomic mass is 32.2. The lowest BCUT2D eigenvalue weighted by Gasteiger charge is -2.19. The molecular formula is C14H30N2O3S. The summed E-state index contributed by atoms with van der Waals surface area (Å²) >= 11 is 0. The van der Waals surface area contributed by atoms with Crippen LogP contribution in [0.15, 0.2) is 0 Å². The van der Waals surface area contributed by atoms with Crippen LogP contribution < -0.4 is 5.73 Å². The van der Waals surface area contributed by atoms with Crippen molar-refractivity contribution < 1.29 is 13.7 Å². The van der Waals surface area contributed by atoms with Crippen LogP contribution in [0.4, 0.5) is 0 Å². The smallest absolute Gasteiger partial charge is 0.322 e. The third kappa shape index (κ3) is 10.2. The monoisotopic (exact) mass is 306 g/mol. The first-order valence-electron chi connectivity index (χ1n) is 7.24. The van der Waals surface area contributed by atoms with Gasteiger partial charge in [0.2, 0.25) is 0 Å². The third-order valence-electron chi connectivity index (χ3n) is 2.99. The molecule has 6 heteroatoms. The summed E-state index contributed by atoms with van der Waals surface area (Å²) < 4.78 is 24.9. The van der Waals surface area contributed by atoms with E-state index < -0.39 is 21.7 Å².